The third-order valence-corrected chi connectivity index (χ3v) is 3.89. The monoisotopic (exact) mass is 419 g/mol. The Kier molecular flexibility index (Phi) is 9.44. The normalized spacial score (nSPS) is 10.2. The van der Waals surface area contributed by atoms with Crippen LogP contribution in [0.1, 0.15) is 19.4 Å². The fraction of sp³-hybridized carbons (Fsp3) is 0.364. The summed E-state index contributed by atoms with van der Waals surface area (Å²) in [7, 11) is 0. The lowest BCUT2D eigenvalue weighted by Gasteiger charge is -2.12. The van der Waals surface area contributed by atoms with Gasteiger partial charge < -0.3 is 24.3 Å². The minimum Gasteiger partial charge on any atom is -0.490 e. The lowest BCUT2D eigenvalue weighted by atomic mass is 10.1. The van der Waals surface area contributed by atoms with Crippen molar-refractivity contribution in [2.75, 3.05) is 33.0 Å². The summed E-state index contributed by atoms with van der Waals surface area (Å²) in [5, 5.41) is 2.67. The SMILES string of the molecule is CCOc1ccc(CCNC(=O)COC(=O)COc2ccccc2F)cc1OCC. The molecule has 8 heteroatoms. The smallest absolute Gasteiger partial charge is 0.344 e. The van der Waals surface area contributed by atoms with Crippen molar-refractivity contribution in [3.05, 3.63) is 53.8 Å². The molecule has 162 valence electrons. The Morgan fingerprint density at radius 2 is 1.63 bits per heavy atom. The van der Waals surface area contributed by atoms with Crippen LogP contribution in [0, 0.1) is 5.82 Å². The van der Waals surface area contributed by atoms with E-state index in [9.17, 15) is 14.0 Å². The van der Waals surface area contributed by atoms with Crippen LogP contribution in [0.4, 0.5) is 4.39 Å². The third-order valence-electron chi connectivity index (χ3n) is 3.89. The molecule has 30 heavy (non-hydrogen) atoms. The molecule has 0 fully saturated rings. The van der Waals surface area contributed by atoms with Gasteiger partial charge in [-0.1, -0.05) is 18.2 Å². The molecule has 2 aromatic carbocycles. The number of carbonyl (C=O) groups is 2. The average molecular weight is 419 g/mol. The maximum absolute atomic E-state index is 13.4. The number of esters is 1. The molecule has 0 radical (unpaired) electrons. The van der Waals surface area contributed by atoms with Crippen molar-refractivity contribution in [3.63, 3.8) is 0 Å². The molecule has 0 aliphatic rings. The molecule has 1 N–H and O–H groups in total. The first-order valence-electron chi connectivity index (χ1n) is 9.71. The zero-order valence-corrected chi connectivity index (χ0v) is 17.1. The number of nitrogens with one attached hydrogen (secondary N) is 1. The highest BCUT2D eigenvalue weighted by Crippen LogP contribution is 2.28. The van der Waals surface area contributed by atoms with E-state index in [1.165, 1.54) is 18.2 Å². The maximum atomic E-state index is 13.4. The molecule has 0 heterocycles. The van der Waals surface area contributed by atoms with Gasteiger partial charge in [0.25, 0.3) is 5.91 Å². The van der Waals surface area contributed by atoms with Crippen LogP contribution in [0.3, 0.4) is 0 Å². The highest BCUT2D eigenvalue weighted by atomic mass is 19.1. The topological polar surface area (TPSA) is 83.1 Å². The third kappa shape index (κ3) is 7.62. The molecule has 2 rings (SSSR count). The number of ether oxygens (including phenoxy) is 4. The van der Waals surface area contributed by atoms with Crippen LogP contribution in [0.5, 0.6) is 17.2 Å². The zero-order valence-electron chi connectivity index (χ0n) is 17.1. The van der Waals surface area contributed by atoms with Crippen LogP contribution >= 0.6 is 0 Å². The molecule has 0 unspecified atom stereocenters. The molecule has 7 nitrogen and oxygen atoms in total. The Morgan fingerprint density at radius 3 is 2.37 bits per heavy atom. The molecule has 0 atom stereocenters. The second-order valence-corrected chi connectivity index (χ2v) is 6.13. The average Bonchev–Trinajstić information content (AvgIpc) is 2.74. The number of para-hydroxylation sites is 1. The fourth-order valence-corrected chi connectivity index (χ4v) is 2.53. The van der Waals surface area contributed by atoms with E-state index in [0.29, 0.717) is 37.7 Å². The van der Waals surface area contributed by atoms with E-state index in [1.807, 2.05) is 32.0 Å². The number of hydrogen-bond donors (Lipinski definition) is 1. The minimum absolute atomic E-state index is 0.0549. The zero-order chi connectivity index (χ0) is 21.8. The standard InChI is InChI=1S/C22H26FNO6/c1-3-27-19-10-9-16(13-20(19)28-4-2)11-12-24-21(25)14-30-22(26)15-29-18-8-6-5-7-17(18)23/h5-10,13H,3-4,11-12,14-15H2,1-2H3,(H,24,25). The number of benzene rings is 2. The van der Waals surface area contributed by atoms with E-state index >= 15 is 0 Å². The summed E-state index contributed by atoms with van der Waals surface area (Å²) >= 11 is 0. The predicted octanol–water partition coefficient (Wildman–Crippen LogP) is 2.90. The van der Waals surface area contributed by atoms with Gasteiger partial charge >= 0.3 is 5.97 Å². The molecule has 2 aromatic rings. The summed E-state index contributed by atoms with van der Waals surface area (Å²) in [6.07, 6.45) is 0.572. The van der Waals surface area contributed by atoms with E-state index in [2.05, 4.69) is 5.32 Å². The second-order valence-electron chi connectivity index (χ2n) is 6.13. The first kappa shape index (κ1) is 23.0. The van der Waals surface area contributed by atoms with Crippen molar-refractivity contribution in [2.45, 2.75) is 20.3 Å². The van der Waals surface area contributed by atoms with Gasteiger partial charge in [0.15, 0.2) is 36.3 Å². The van der Waals surface area contributed by atoms with Crippen LogP contribution < -0.4 is 19.5 Å². The van der Waals surface area contributed by atoms with Crippen molar-refractivity contribution in [3.8, 4) is 17.2 Å². The number of hydrogen-bond acceptors (Lipinski definition) is 6. The van der Waals surface area contributed by atoms with Crippen molar-refractivity contribution in [2.24, 2.45) is 0 Å². The minimum atomic E-state index is -0.763. The molecular formula is C22H26FNO6. The van der Waals surface area contributed by atoms with Gasteiger partial charge in [-0.15, -0.1) is 0 Å². The number of amides is 1. The Balaban J connectivity index is 1.70. The molecular weight excluding hydrogens is 393 g/mol. The van der Waals surface area contributed by atoms with E-state index < -0.39 is 30.9 Å². The number of rotatable bonds is 12. The van der Waals surface area contributed by atoms with Gasteiger partial charge in [-0.2, -0.15) is 0 Å². The van der Waals surface area contributed by atoms with Gasteiger partial charge in [0.05, 0.1) is 13.2 Å². The van der Waals surface area contributed by atoms with Crippen molar-refractivity contribution >= 4 is 11.9 Å². The van der Waals surface area contributed by atoms with Crippen LogP contribution in [0.2, 0.25) is 0 Å². The molecule has 1 amide bonds. The van der Waals surface area contributed by atoms with E-state index in [1.54, 1.807) is 6.07 Å². The van der Waals surface area contributed by atoms with Crippen LogP contribution in [0.15, 0.2) is 42.5 Å². The van der Waals surface area contributed by atoms with E-state index in [-0.39, 0.29) is 5.75 Å². The first-order chi connectivity index (χ1) is 14.5. The quantitative estimate of drug-likeness (QED) is 0.533. The molecule has 0 saturated carbocycles. The summed E-state index contributed by atoms with van der Waals surface area (Å²) in [5.41, 5.74) is 0.970. The van der Waals surface area contributed by atoms with Crippen molar-refractivity contribution in [1.82, 2.24) is 5.32 Å². The summed E-state index contributed by atoms with van der Waals surface area (Å²) in [5.74, 6) is -0.499. The fourth-order valence-electron chi connectivity index (χ4n) is 2.53. The van der Waals surface area contributed by atoms with Crippen molar-refractivity contribution in [1.29, 1.82) is 0 Å². The molecule has 0 bridgehead atoms. The Hall–Kier alpha value is -3.29. The largest absolute Gasteiger partial charge is 0.490 e. The summed E-state index contributed by atoms with van der Waals surface area (Å²) in [4.78, 5) is 23.5. The Labute approximate surface area is 175 Å². The van der Waals surface area contributed by atoms with Crippen LogP contribution in [-0.4, -0.2) is 44.8 Å². The van der Waals surface area contributed by atoms with Gasteiger partial charge in [0, 0.05) is 6.54 Å². The molecule has 0 aliphatic heterocycles. The second kappa shape index (κ2) is 12.3. The summed E-state index contributed by atoms with van der Waals surface area (Å²) in [6, 6.07) is 11.3. The number of halogens is 1. The summed E-state index contributed by atoms with van der Waals surface area (Å²) in [6.45, 7) is 4.30. The summed E-state index contributed by atoms with van der Waals surface area (Å²) < 4.78 is 34.4. The highest BCUT2D eigenvalue weighted by molar-refractivity contribution is 5.80. The van der Waals surface area contributed by atoms with E-state index in [4.69, 9.17) is 18.9 Å². The molecule has 0 saturated heterocycles. The van der Waals surface area contributed by atoms with Gasteiger partial charge in [-0.3, -0.25) is 4.79 Å². The van der Waals surface area contributed by atoms with Gasteiger partial charge in [0.1, 0.15) is 0 Å². The van der Waals surface area contributed by atoms with Crippen LogP contribution in [0.25, 0.3) is 0 Å². The predicted molar refractivity (Wildman–Crippen MR) is 108 cm³/mol. The first-order valence-corrected chi connectivity index (χ1v) is 9.71. The lowest BCUT2D eigenvalue weighted by molar-refractivity contribution is -0.150. The Bertz CT molecular complexity index is 842. The Morgan fingerprint density at radius 1 is 0.900 bits per heavy atom. The van der Waals surface area contributed by atoms with Gasteiger partial charge in [-0.25, -0.2) is 9.18 Å². The maximum Gasteiger partial charge on any atom is 0.344 e. The van der Waals surface area contributed by atoms with Gasteiger partial charge in [-0.05, 0) is 50.1 Å². The van der Waals surface area contributed by atoms with Gasteiger partial charge in [0.2, 0.25) is 0 Å². The van der Waals surface area contributed by atoms with Crippen LogP contribution in [-0.2, 0) is 20.7 Å². The molecule has 0 aliphatic carbocycles. The van der Waals surface area contributed by atoms with Crippen molar-refractivity contribution < 1.29 is 32.9 Å². The highest BCUT2D eigenvalue weighted by Gasteiger charge is 2.11. The number of carbonyl (C=O) groups excluding carboxylic acids is 2. The molecule has 0 aromatic heterocycles. The lowest BCUT2D eigenvalue weighted by Crippen LogP contribution is -2.31. The molecule has 0 spiro atoms. The van der Waals surface area contributed by atoms with E-state index in [0.717, 1.165) is 5.56 Å².